The third-order valence-corrected chi connectivity index (χ3v) is 2.25. The minimum absolute atomic E-state index is 0.00664. The highest BCUT2D eigenvalue weighted by molar-refractivity contribution is 6.32. The van der Waals surface area contributed by atoms with E-state index in [0.717, 1.165) is 0 Å². The van der Waals surface area contributed by atoms with Crippen molar-refractivity contribution in [3.05, 3.63) is 33.5 Å². The van der Waals surface area contributed by atoms with Crippen LogP contribution in [0, 0.1) is 10.1 Å². The van der Waals surface area contributed by atoms with Crippen LogP contribution in [0.15, 0.2) is 12.5 Å². The maximum atomic E-state index is 10.5. The molecule has 0 saturated heterocycles. The zero-order chi connectivity index (χ0) is 11.7. The molecule has 0 aliphatic carbocycles. The molecule has 16 heavy (non-hydrogen) atoms. The minimum atomic E-state index is -0.629. The second-order valence-corrected chi connectivity index (χ2v) is 3.52. The van der Waals surface area contributed by atoms with E-state index >= 15 is 0 Å². The van der Waals surface area contributed by atoms with Crippen LogP contribution in [0.4, 0.5) is 5.82 Å². The molecule has 8 nitrogen and oxygen atoms in total. The van der Waals surface area contributed by atoms with Gasteiger partial charge >= 0.3 is 5.82 Å². The fourth-order valence-corrected chi connectivity index (χ4v) is 1.41. The molecule has 0 unspecified atom stereocenters. The van der Waals surface area contributed by atoms with E-state index in [9.17, 15) is 10.1 Å². The number of hydrogen-bond acceptors (Lipinski definition) is 5. The molecule has 2 aromatic heterocycles. The first-order valence-corrected chi connectivity index (χ1v) is 4.66. The van der Waals surface area contributed by atoms with Gasteiger partial charge in [-0.2, -0.15) is 4.68 Å². The average Bonchev–Trinajstić information content (AvgIpc) is 2.75. The summed E-state index contributed by atoms with van der Waals surface area (Å²) < 4.78 is 3.05. The van der Waals surface area contributed by atoms with Gasteiger partial charge in [-0.15, -0.1) is 10.2 Å². The maximum absolute atomic E-state index is 10.5. The molecule has 0 saturated carbocycles. The lowest BCUT2D eigenvalue weighted by Gasteiger charge is -1.95. The number of halogens is 1. The predicted octanol–water partition coefficient (Wildman–Crippen LogP) is 0.621. The summed E-state index contributed by atoms with van der Waals surface area (Å²) in [5, 5.41) is 21.8. The SMILES string of the molecule is Cn1cnnc1Cn1cc(Cl)c([N+](=O)[O-])n1. The quantitative estimate of drug-likeness (QED) is 0.581. The van der Waals surface area contributed by atoms with Gasteiger partial charge in [0.05, 0.1) is 11.3 Å². The van der Waals surface area contributed by atoms with Gasteiger partial charge in [0.2, 0.25) is 0 Å². The van der Waals surface area contributed by atoms with Crippen LogP contribution in [-0.2, 0) is 13.6 Å². The fraction of sp³-hybridized carbons (Fsp3) is 0.286. The number of rotatable bonds is 3. The lowest BCUT2D eigenvalue weighted by atomic mass is 10.6. The van der Waals surface area contributed by atoms with Crippen molar-refractivity contribution in [3.8, 4) is 0 Å². The Morgan fingerprint density at radius 3 is 2.88 bits per heavy atom. The zero-order valence-electron chi connectivity index (χ0n) is 8.24. The highest BCUT2D eigenvalue weighted by Crippen LogP contribution is 2.21. The van der Waals surface area contributed by atoms with Gasteiger partial charge in [-0.1, -0.05) is 11.6 Å². The highest BCUT2D eigenvalue weighted by Gasteiger charge is 2.19. The van der Waals surface area contributed by atoms with Crippen LogP contribution < -0.4 is 0 Å². The topological polar surface area (TPSA) is 91.7 Å². The van der Waals surface area contributed by atoms with Crippen molar-refractivity contribution in [1.29, 1.82) is 0 Å². The molecule has 0 bridgehead atoms. The summed E-state index contributed by atoms with van der Waals surface area (Å²) >= 11 is 5.65. The third-order valence-electron chi connectivity index (χ3n) is 1.98. The minimum Gasteiger partial charge on any atom is -0.358 e. The molecule has 0 radical (unpaired) electrons. The van der Waals surface area contributed by atoms with Crippen molar-refractivity contribution < 1.29 is 4.92 Å². The monoisotopic (exact) mass is 242 g/mol. The normalized spacial score (nSPS) is 10.6. The van der Waals surface area contributed by atoms with E-state index in [1.807, 2.05) is 0 Å². The van der Waals surface area contributed by atoms with Gasteiger partial charge in [0.1, 0.15) is 12.9 Å². The Balaban J connectivity index is 2.26. The Morgan fingerprint density at radius 2 is 2.38 bits per heavy atom. The molecule has 84 valence electrons. The molecule has 2 aromatic rings. The van der Waals surface area contributed by atoms with Crippen LogP contribution >= 0.6 is 11.6 Å². The summed E-state index contributed by atoms with van der Waals surface area (Å²) in [7, 11) is 1.77. The van der Waals surface area contributed by atoms with Gasteiger partial charge in [-0.25, -0.2) is 0 Å². The number of nitro groups is 1. The van der Waals surface area contributed by atoms with Gasteiger partial charge in [0.15, 0.2) is 10.8 Å². The van der Waals surface area contributed by atoms with Crippen molar-refractivity contribution in [1.82, 2.24) is 24.5 Å². The predicted molar refractivity (Wildman–Crippen MR) is 54.0 cm³/mol. The lowest BCUT2D eigenvalue weighted by molar-refractivity contribution is -0.389. The van der Waals surface area contributed by atoms with E-state index in [2.05, 4.69) is 15.3 Å². The van der Waals surface area contributed by atoms with Crippen molar-refractivity contribution >= 4 is 17.4 Å². The fourth-order valence-electron chi connectivity index (χ4n) is 1.19. The Bertz CT molecular complexity index is 533. The standard InChI is InChI=1S/C7H7ClN6O2/c1-12-4-9-10-6(12)3-13-2-5(8)7(11-13)14(15)16/h2,4H,3H2,1H3. The van der Waals surface area contributed by atoms with E-state index in [1.165, 1.54) is 17.2 Å². The molecule has 2 rings (SSSR count). The summed E-state index contributed by atoms with van der Waals surface area (Å²) in [6.07, 6.45) is 2.92. The summed E-state index contributed by atoms with van der Waals surface area (Å²) in [4.78, 5) is 9.89. The van der Waals surface area contributed by atoms with E-state index in [-0.39, 0.29) is 17.4 Å². The van der Waals surface area contributed by atoms with E-state index in [0.29, 0.717) is 5.82 Å². The number of hydrogen-bond donors (Lipinski definition) is 0. The molecule has 2 heterocycles. The average molecular weight is 243 g/mol. The molecule has 0 aliphatic rings. The first-order chi connectivity index (χ1) is 7.58. The first-order valence-electron chi connectivity index (χ1n) is 4.28. The lowest BCUT2D eigenvalue weighted by Crippen LogP contribution is -2.06. The van der Waals surface area contributed by atoms with Gasteiger partial charge in [-0.05, 0) is 4.92 Å². The molecule has 0 N–H and O–H groups in total. The molecular formula is C7H7ClN6O2. The smallest absolute Gasteiger partial charge is 0.358 e. The van der Waals surface area contributed by atoms with E-state index in [4.69, 9.17) is 11.6 Å². The molecular weight excluding hydrogens is 236 g/mol. The van der Waals surface area contributed by atoms with Crippen LogP contribution in [0.3, 0.4) is 0 Å². The van der Waals surface area contributed by atoms with Crippen LogP contribution in [0.2, 0.25) is 5.02 Å². The molecule has 0 aliphatic heterocycles. The third kappa shape index (κ3) is 1.87. The molecule has 0 spiro atoms. The number of aromatic nitrogens is 5. The number of nitrogens with zero attached hydrogens (tertiary/aromatic N) is 6. The summed E-state index contributed by atoms with van der Waals surface area (Å²) in [5.74, 6) is 0.276. The van der Waals surface area contributed by atoms with E-state index in [1.54, 1.807) is 11.6 Å². The summed E-state index contributed by atoms with van der Waals surface area (Å²) in [6, 6.07) is 0. The van der Waals surface area contributed by atoms with Gasteiger partial charge in [-0.3, -0.25) is 0 Å². The van der Waals surface area contributed by atoms with Crippen LogP contribution in [0.1, 0.15) is 5.82 Å². The van der Waals surface area contributed by atoms with Crippen LogP contribution in [0.5, 0.6) is 0 Å². The number of aryl methyl sites for hydroxylation is 1. The van der Waals surface area contributed by atoms with Gasteiger partial charge in [0.25, 0.3) is 0 Å². The molecule has 0 amide bonds. The second-order valence-electron chi connectivity index (χ2n) is 3.11. The van der Waals surface area contributed by atoms with E-state index < -0.39 is 4.92 Å². The Morgan fingerprint density at radius 1 is 1.62 bits per heavy atom. The molecule has 0 fully saturated rings. The maximum Gasteiger partial charge on any atom is 0.408 e. The summed E-state index contributed by atoms with van der Waals surface area (Å²) in [6.45, 7) is 0.282. The van der Waals surface area contributed by atoms with Gasteiger partial charge < -0.3 is 14.7 Å². The Kier molecular flexibility index (Phi) is 2.57. The van der Waals surface area contributed by atoms with Crippen molar-refractivity contribution in [2.75, 3.05) is 0 Å². The first kappa shape index (κ1) is 10.6. The Hall–Kier alpha value is -1.96. The second kappa shape index (κ2) is 3.89. The molecule has 9 heteroatoms. The highest BCUT2D eigenvalue weighted by atomic mass is 35.5. The Labute approximate surface area is 94.6 Å². The van der Waals surface area contributed by atoms with Crippen molar-refractivity contribution in [2.45, 2.75) is 6.54 Å². The summed E-state index contributed by atoms with van der Waals surface area (Å²) in [5.41, 5.74) is 0. The largest absolute Gasteiger partial charge is 0.408 e. The van der Waals surface area contributed by atoms with Crippen LogP contribution in [-0.4, -0.2) is 29.5 Å². The molecule has 0 aromatic carbocycles. The van der Waals surface area contributed by atoms with Gasteiger partial charge in [0, 0.05) is 7.05 Å². The molecule has 0 atom stereocenters. The van der Waals surface area contributed by atoms with Crippen molar-refractivity contribution in [2.24, 2.45) is 7.05 Å². The zero-order valence-corrected chi connectivity index (χ0v) is 9.00. The van der Waals surface area contributed by atoms with Crippen molar-refractivity contribution in [3.63, 3.8) is 0 Å². The van der Waals surface area contributed by atoms with Crippen LogP contribution in [0.25, 0.3) is 0 Å².